The second-order valence-electron chi connectivity index (χ2n) is 6.01. The molecule has 1 heterocycles. The van der Waals surface area contributed by atoms with Gasteiger partial charge in [0.05, 0.1) is 0 Å². The van der Waals surface area contributed by atoms with Gasteiger partial charge in [0.15, 0.2) is 0 Å². The molecule has 0 bridgehead atoms. The van der Waals surface area contributed by atoms with Gasteiger partial charge in [0.1, 0.15) is 6.54 Å². The summed E-state index contributed by atoms with van der Waals surface area (Å²) in [6.07, 6.45) is 1.44. The lowest BCUT2D eigenvalue weighted by Crippen LogP contribution is -2.26. The molecular weight excluding hydrogens is 366 g/mol. The standard InChI is InChI=1S/C20H20ClN3O3/c1-3-13-10-11-16(21)15(4-2)18(13)22-17(25)12-24-20(26)27-19(23-24)14-8-6-5-7-9-14/h5-11H,3-4,12H2,1-2H3,(H,22,25). The van der Waals surface area contributed by atoms with Crippen molar-refractivity contribution in [1.29, 1.82) is 0 Å². The maximum Gasteiger partial charge on any atom is 0.437 e. The maximum atomic E-state index is 12.5. The van der Waals surface area contributed by atoms with E-state index in [9.17, 15) is 9.59 Å². The van der Waals surface area contributed by atoms with Crippen LogP contribution >= 0.6 is 11.6 Å². The Hall–Kier alpha value is -2.86. The molecule has 0 fully saturated rings. The predicted octanol–water partition coefficient (Wildman–Crippen LogP) is 3.92. The van der Waals surface area contributed by atoms with E-state index in [0.29, 0.717) is 22.7 Å². The smallest absolute Gasteiger partial charge is 0.388 e. The topological polar surface area (TPSA) is 77.1 Å². The van der Waals surface area contributed by atoms with Crippen LogP contribution in [0.15, 0.2) is 51.7 Å². The fraction of sp³-hybridized carbons (Fsp3) is 0.250. The van der Waals surface area contributed by atoms with Gasteiger partial charge in [0.2, 0.25) is 11.8 Å². The molecule has 6 nitrogen and oxygen atoms in total. The molecule has 0 aliphatic carbocycles. The van der Waals surface area contributed by atoms with Crippen LogP contribution in [0.1, 0.15) is 25.0 Å². The van der Waals surface area contributed by atoms with Crippen LogP contribution in [-0.4, -0.2) is 15.7 Å². The first-order chi connectivity index (χ1) is 13.0. The molecule has 0 aliphatic rings. The number of carbonyl (C=O) groups excluding carboxylic acids is 1. The zero-order chi connectivity index (χ0) is 19.4. The van der Waals surface area contributed by atoms with E-state index in [2.05, 4.69) is 10.4 Å². The van der Waals surface area contributed by atoms with Crippen molar-refractivity contribution < 1.29 is 9.21 Å². The molecule has 0 saturated heterocycles. The van der Waals surface area contributed by atoms with Crippen LogP contribution in [0, 0.1) is 0 Å². The van der Waals surface area contributed by atoms with Crippen LogP contribution in [0.25, 0.3) is 11.5 Å². The molecule has 1 N–H and O–H groups in total. The summed E-state index contributed by atoms with van der Waals surface area (Å²) in [5, 5.41) is 7.60. The molecule has 27 heavy (non-hydrogen) atoms. The molecule has 0 saturated carbocycles. The SMILES string of the molecule is CCc1ccc(Cl)c(CC)c1NC(=O)Cn1nc(-c2ccccc2)oc1=O. The Kier molecular flexibility index (Phi) is 5.76. The lowest BCUT2D eigenvalue weighted by molar-refractivity contribution is -0.117. The monoisotopic (exact) mass is 385 g/mol. The zero-order valence-electron chi connectivity index (χ0n) is 15.2. The van der Waals surface area contributed by atoms with Gasteiger partial charge in [-0.05, 0) is 42.2 Å². The third-order valence-corrected chi connectivity index (χ3v) is 4.62. The van der Waals surface area contributed by atoms with Gasteiger partial charge < -0.3 is 9.73 Å². The number of aromatic nitrogens is 2. The Labute approximate surface area is 161 Å². The number of anilines is 1. The van der Waals surface area contributed by atoms with Crippen molar-refractivity contribution in [2.45, 2.75) is 33.2 Å². The second kappa shape index (κ2) is 8.22. The molecule has 7 heteroatoms. The summed E-state index contributed by atoms with van der Waals surface area (Å²) >= 11 is 6.26. The van der Waals surface area contributed by atoms with Gasteiger partial charge >= 0.3 is 5.76 Å². The highest BCUT2D eigenvalue weighted by atomic mass is 35.5. The Morgan fingerprint density at radius 3 is 2.56 bits per heavy atom. The van der Waals surface area contributed by atoms with Crippen molar-refractivity contribution in [3.63, 3.8) is 0 Å². The highest BCUT2D eigenvalue weighted by Gasteiger charge is 2.16. The van der Waals surface area contributed by atoms with E-state index in [1.54, 1.807) is 12.1 Å². The predicted molar refractivity (Wildman–Crippen MR) is 105 cm³/mol. The molecule has 3 rings (SSSR count). The van der Waals surface area contributed by atoms with Crippen LogP contribution in [0.4, 0.5) is 5.69 Å². The van der Waals surface area contributed by atoms with E-state index in [1.165, 1.54) is 0 Å². The van der Waals surface area contributed by atoms with Crippen LogP contribution in [-0.2, 0) is 24.2 Å². The number of rotatable bonds is 6. The van der Waals surface area contributed by atoms with Gasteiger partial charge in [0.25, 0.3) is 0 Å². The molecule has 1 aromatic heterocycles. The van der Waals surface area contributed by atoms with Gasteiger partial charge in [0, 0.05) is 16.3 Å². The van der Waals surface area contributed by atoms with Crippen LogP contribution in [0.3, 0.4) is 0 Å². The summed E-state index contributed by atoms with van der Waals surface area (Å²) in [4.78, 5) is 24.6. The van der Waals surface area contributed by atoms with Crippen molar-refractivity contribution >= 4 is 23.2 Å². The summed E-state index contributed by atoms with van der Waals surface area (Å²) in [6, 6.07) is 12.8. The van der Waals surface area contributed by atoms with Crippen molar-refractivity contribution in [1.82, 2.24) is 9.78 Å². The van der Waals surface area contributed by atoms with E-state index >= 15 is 0 Å². The quantitative estimate of drug-likeness (QED) is 0.697. The van der Waals surface area contributed by atoms with Gasteiger partial charge in [-0.15, -0.1) is 5.10 Å². The summed E-state index contributed by atoms with van der Waals surface area (Å²) in [5.41, 5.74) is 3.24. The summed E-state index contributed by atoms with van der Waals surface area (Å²) in [5.74, 6) is -0.863. The van der Waals surface area contributed by atoms with Crippen molar-refractivity contribution in [2.75, 3.05) is 5.32 Å². The van der Waals surface area contributed by atoms with E-state index in [0.717, 1.165) is 22.2 Å². The lowest BCUT2D eigenvalue weighted by atomic mass is 10.0. The molecular formula is C20H20ClN3O3. The number of nitrogens with zero attached hydrogens (tertiary/aromatic N) is 2. The van der Waals surface area contributed by atoms with Crippen LogP contribution < -0.4 is 11.1 Å². The largest absolute Gasteiger partial charge is 0.437 e. The Bertz CT molecular complexity index is 1010. The fourth-order valence-corrected chi connectivity index (χ4v) is 3.18. The molecule has 0 spiro atoms. The van der Waals surface area contributed by atoms with E-state index < -0.39 is 5.76 Å². The number of amides is 1. The molecule has 0 aliphatic heterocycles. The minimum Gasteiger partial charge on any atom is -0.388 e. The highest BCUT2D eigenvalue weighted by molar-refractivity contribution is 6.32. The third kappa shape index (κ3) is 4.11. The van der Waals surface area contributed by atoms with Crippen molar-refractivity contribution in [3.05, 3.63) is 69.2 Å². The number of benzene rings is 2. The Balaban J connectivity index is 1.83. The Morgan fingerprint density at radius 1 is 1.15 bits per heavy atom. The number of hydrogen-bond donors (Lipinski definition) is 1. The third-order valence-electron chi connectivity index (χ3n) is 4.26. The highest BCUT2D eigenvalue weighted by Crippen LogP contribution is 2.29. The summed E-state index contributed by atoms with van der Waals surface area (Å²) in [6.45, 7) is 3.74. The normalized spacial score (nSPS) is 10.8. The maximum absolute atomic E-state index is 12.5. The fourth-order valence-electron chi connectivity index (χ4n) is 2.89. The minimum atomic E-state index is -0.679. The van der Waals surface area contributed by atoms with Crippen LogP contribution in [0.2, 0.25) is 5.02 Å². The lowest BCUT2D eigenvalue weighted by Gasteiger charge is -2.15. The first kappa shape index (κ1) is 18.9. The van der Waals surface area contributed by atoms with E-state index in [4.69, 9.17) is 16.0 Å². The minimum absolute atomic E-state index is 0.180. The Morgan fingerprint density at radius 2 is 1.89 bits per heavy atom. The number of aryl methyl sites for hydroxylation is 1. The molecule has 2 aromatic carbocycles. The average molecular weight is 386 g/mol. The molecule has 0 unspecified atom stereocenters. The van der Waals surface area contributed by atoms with E-state index in [1.807, 2.05) is 44.2 Å². The number of hydrogen-bond acceptors (Lipinski definition) is 4. The van der Waals surface area contributed by atoms with Gasteiger partial charge in [-0.2, -0.15) is 4.68 Å². The second-order valence-corrected chi connectivity index (χ2v) is 6.42. The van der Waals surface area contributed by atoms with Gasteiger partial charge in [-0.25, -0.2) is 4.79 Å². The van der Waals surface area contributed by atoms with Crippen molar-refractivity contribution in [2.24, 2.45) is 0 Å². The summed E-state index contributed by atoms with van der Waals surface area (Å²) in [7, 11) is 0. The van der Waals surface area contributed by atoms with Gasteiger partial charge in [-0.3, -0.25) is 4.79 Å². The molecule has 3 aromatic rings. The molecule has 1 amide bonds. The average Bonchev–Trinajstić information content (AvgIpc) is 3.03. The first-order valence-corrected chi connectivity index (χ1v) is 9.14. The molecule has 0 radical (unpaired) electrons. The number of halogens is 1. The zero-order valence-corrected chi connectivity index (χ0v) is 15.9. The van der Waals surface area contributed by atoms with Gasteiger partial charge in [-0.1, -0.05) is 49.7 Å². The number of carbonyl (C=O) groups is 1. The van der Waals surface area contributed by atoms with Crippen LogP contribution in [0.5, 0.6) is 0 Å². The first-order valence-electron chi connectivity index (χ1n) is 8.77. The van der Waals surface area contributed by atoms with E-state index in [-0.39, 0.29) is 18.3 Å². The van der Waals surface area contributed by atoms with Crippen molar-refractivity contribution in [3.8, 4) is 11.5 Å². The number of nitrogens with one attached hydrogen (secondary N) is 1. The molecule has 140 valence electrons. The summed E-state index contributed by atoms with van der Waals surface area (Å²) < 4.78 is 6.17. The molecule has 0 atom stereocenters.